The van der Waals surface area contributed by atoms with Gasteiger partial charge < -0.3 is 9.47 Å². The average molecular weight is 396 g/mol. The second-order valence-electron chi connectivity index (χ2n) is 8.06. The van der Waals surface area contributed by atoms with E-state index >= 15 is 0 Å². The van der Waals surface area contributed by atoms with E-state index in [1.807, 2.05) is 11.9 Å². The Kier molecular flexibility index (Phi) is 8.12. The summed E-state index contributed by atoms with van der Waals surface area (Å²) in [7, 11) is 3.32. The van der Waals surface area contributed by atoms with Gasteiger partial charge in [0.1, 0.15) is 12.4 Å². The van der Waals surface area contributed by atoms with Crippen LogP contribution in [0.2, 0.25) is 0 Å². The first kappa shape index (κ1) is 21.4. The lowest BCUT2D eigenvalue weighted by molar-refractivity contribution is -0.141. The lowest BCUT2D eigenvalue weighted by Crippen LogP contribution is -2.30. The van der Waals surface area contributed by atoms with Crippen LogP contribution in [-0.4, -0.2) is 44.7 Å². The molecule has 0 unspecified atom stereocenters. The number of likely N-dealkylation sites (N-methyl/N-ethyl adjacent to an activating group) is 1. The summed E-state index contributed by atoms with van der Waals surface area (Å²) in [6.45, 7) is 1.51. The van der Waals surface area contributed by atoms with Gasteiger partial charge in [0.25, 0.3) is 0 Å². The molecule has 0 amide bonds. The Morgan fingerprint density at radius 2 is 1.79 bits per heavy atom. The first-order chi connectivity index (χ1) is 14.2. The zero-order valence-corrected chi connectivity index (χ0v) is 17.7. The normalized spacial score (nSPS) is 14.7. The zero-order valence-electron chi connectivity index (χ0n) is 17.7. The van der Waals surface area contributed by atoms with E-state index in [1.54, 1.807) is 0 Å². The van der Waals surface area contributed by atoms with Crippen molar-refractivity contribution in [2.45, 2.75) is 38.5 Å². The maximum Gasteiger partial charge on any atom is 0.319 e. The van der Waals surface area contributed by atoms with Crippen LogP contribution in [-0.2, 0) is 16.0 Å². The quantitative estimate of drug-likeness (QED) is 0.563. The molecule has 4 nitrogen and oxygen atoms in total. The van der Waals surface area contributed by atoms with E-state index in [0.29, 0.717) is 13.2 Å². The number of carbonyl (C=O) groups excluding carboxylic acids is 1. The molecular formula is C25H33NO3. The highest BCUT2D eigenvalue weighted by atomic mass is 16.5. The molecule has 1 aliphatic rings. The third-order valence-electron chi connectivity index (χ3n) is 5.76. The minimum absolute atomic E-state index is 0.224. The average Bonchev–Trinajstić information content (AvgIpc) is 2.76. The van der Waals surface area contributed by atoms with Crippen molar-refractivity contribution in [2.24, 2.45) is 5.92 Å². The summed E-state index contributed by atoms with van der Waals surface area (Å²) in [6, 6.07) is 17.1. The van der Waals surface area contributed by atoms with E-state index in [4.69, 9.17) is 9.47 Å². The number of hydrogen-bond donors (Lipinski definition) is 0. The summed E-state index contributed by atoms with van der Waals surface area (Å²) >= 11 is 0. The second-order valence-corrected chi connectivity index (χ2v) is 8.06. The van der Waals surface area contributed by atoms with E-state index < -0.39 is 0 Å². The van der Waals surface area contributed by atoms with Gasteiger partial charge in [-0.2, -0.15) is 0 Å². The molecule has 0 aliphatic heterocycles. The predicted molar refractivity (Wildman–Crippen MR) is 117 cm³/mol. The highest BCUT2D eigenvalue weighted by molar-refractivity contribution is 5.71. The molecule has 0 radical (unpaired) electrons. The lowest BCUT2D eigenvalue weighted by Gasteiger charge is -2.23. The predicted octanol–water partition coefficient (Wildman–Crippen LogP) is 4.96. The van der Waals surface area contributed by atoms with Gasteiger partial charge in [-0.05, 0) is 48.2 Å². The molecule has 3 rings (SSSR count). The van der Waals surface area contributed by atoms with Crippen LogP contribution in [0.25, 0.3) is 11.1 Å². The Labute approximate surface area is 174 Å². The molecule has 1 fully saturated rings. The third-order valence-corrected chi connectivity index (χ3v) is 5.76. The molecule has 0 saturated heterocycles. The Balaban J connectivity index is 1.69. The summed E-state index contributed by atoms with van der Waals surface area (Å²) in [4.78, 5) is 13.3. The van der Waals surface area contributed by atoms with Crippen LogP contribution in [0, 0.1) is 5.92 Å². The SMILES string of the molecule is COC(=O)CN(C)CCOc1ccc(-c2ccccc2)cc1CC1CCCCC1. The van der Waals surface area contributed by atoms with Crippen LogP contribution >= 0.6 is 0 Å². The minimum Gasteiger partial charge on any atom is -0.492 e. The van der Waals surface area contributed by atoms with Crippen LogP contribution in [0.15, 0.2) is 48.5 Å². The summed E-state index contributed by atoms with van der Waals surface area (Å²) in [5.41, 5.74) is 3.78. The number of rotatable bonds is 9. The third kappa shape index (κ3) is 6.60. The molecule has 0 aromatic heterocycles. The van der Waals surface area contributed by atoms with Crippen LogP contribution in [0.1, 0.15) is 37.7 Å². The van der Waals surface area contributed by atoms with Gasteiger partial charge in [-0.25, -0.2) is 0 Å². The van der Waals surface area contributed by atoms with Gasteiger partial charge in [0.2, 0.25) is 0 Å². The summed E-state index contributed by atoms with van der Waals surface area (Å²) in [5, 5.41) is 0. The molecule has 1 saturated carbocycles. The van der Waals surface area contributed by atoms with E-state index in [9.17, 15) is 4.79 Å². The molecule has 4 heteroatoms. The highest BCUT2D eigenvalue weighted by Crippen LogP contribution is 2.33. The number of carbonyl (C=O) groups is 1. The van der Waals surface area contributed by atoms with Gasteiger partial charge >= 0.3 is 5.97 Å². The first-order valence-corrected chi connectivity index (χ1v) is 10.7. The maximum absolute atomic E-state index is 11.4. The van der Waals surface area contributed by atoms with E-state index in [2.05, 4.69) is 48.5 Å². The summed E-state index contributed by atoms with van der Waals surface area (Å²) < 4.78 is 10.9. The standard InChI is InChI=1S/C25H33NO3/c1-26(19-25(27)28-2)15-16-29-24-14-13-22(21-11-7-4-8-12-21)18-23(24)17-20-9-5-3-6-10-20/h4,7-8,11-14,18,20H,3,5-6,9-10,15-17,19H2,1-2H3. The molecule has 2 aromatic carbocycles. The van der Waals surface area contributed by atoms with Crippen LogP contribution in [0.3, 0.4) is 0 Å². The van der Waals surface area contributed by atoms with Gasteiger partial charge in [0.05, 0.1) is 13.7 Å². The first-order valence-electron chi connectivity index (χ1n) is 10.7. The monoisotopic (exact) mass is 395 g/mol. The van der Waals surface area contributed by atoms with Gasteiger partial charge in [-0.1, -0.05) is 68.5 Å². The van der Waals surface area contributed by atoms with Crippen molar-refractivity contribution in [1.82, 2.24) is 4.90 Å². The number of methoxy groups -OCH3 is 1. The van der Waals surface area contributed by atoms with Crippen molar-refractivity contribution in [3.05, 3.63) is 54.1 Å². The number of benzene rings is 2. The van der Waals surface area contributed by atoms with Crippen molar-refractivity contribution in [2.75, 3.05) is 33.9 Å². The number of nitrogens with zero attached hydrogens (tertiary/aromatic N) is 1. The summed E-state index contributed by atoms with van der Waals surface area (Å²) in [6.07, 6.45) is 7.77. The van der Waals surface area contributed by atoms with Crippen molar-refractivity contribution in [3.63, 3.8) is 0 Å². The molecule has 29 heavy (non-hydrogen) atoms. The topological polar surface area (TPSA) is 38.8 Å². The van der Waals surface area contributed by atoms with E-state index in [-0.39, 0.29) is 12.5 Å². The fourth-order valence-corrected chi connectivity index (χ4v) is 4.07. The minimum atomic E-state index is -0.224. The molecule has 0 bridgehead atoms. The van der Waals surface area contributed by atoms with E-state index in [0.717, 1.165) is 18.1 Å². The number of esters is 1. The Morgan fingerprint density at radius 1 is 1.03 bits per heavy atom. The van der Waals surface area contributed by atoms with Crippen LogP contribution < -0.4 is 4.74 Å². The highest BCUT2D eigenvalue weighted by Gasteiger charge is 2.17. The Bertz CT molecular complexity index is 769. The summed E-state index contributed by atoms with van der Waals surface area (Å²) in [5.74, 6) is 1.50. The smallest absolute Gasteiger partial charge is 0.319 e. The molecule has 0 heterocycles. The maximum atomic E-state index is 11.4. The number of ether oxygens (including phenoxy) is 2. The molecule has 0 N–H and O–H groups in total. The molecule has 0 spiro atoms. The lowest BCUT2D eigenvalue weighted by atomic mass is 9.84. The van der Waals surface area contributed by atoms with Crippen LogP contribution in [0.5, 0.6) is 5.75 Å². The van der Waals surface area contributed by atoms with Gasteiger partial charge in [0.15, 0.2) is 0 Å². The van der Waals surface area contributed by atoms with Crippen LogP contribution in [0.4, 0.5) is 0 Å². The van der Waals surface area contributed by atoms with Crippen molar-refractivity contribution in [1.29, 1.82) is 0 Å². The molecule has 2 aromatic rings. The van der Waals surface area contributed by atoms with Gasteiger partial charge in [0, 0.05) is 6.54 Å². The molecular weight excluding hydrogens is 362 g/mol. The van der Waals surface area contributed by atoms with Gasteiger partial charge in [-0.3, -0.25) is 9.69 Å². The van der Waals surface area contributed by atoms with Crippen molar-refractivity contribution < 1.29 is 14.3 Å². The Morgan fingerprint density at radius 3 is 2.52 bits per heavy atom. The van der Waals surface area contributed by atoms with Crippen molar-refractivity contribution >= 4 is 5.97 Å². The fraction of sp³-hybridized carbons (Fsp3) is 0.480. The Hall–Kier alpha value is -2.33. The van der Waals surface area contributed by atoms with Gasteiger partial charge in [-0.15, -0.1) is 0 Å². The fourth-order valence-electron chi connectivity index (χ4n) is 4.07. The molecule has 0 atom stereocenters. The second kappa shape index (κ2) is 11.0. The number of hydrogen-bond acceptors (Lipinski definition) is 4. The zero-order chi connectivity index (χ0) is 20.5. The molecule has 1 aliphatic carbocycles. The largest absolute Gasteiger partial charge is 0.492 e. The van der Waals surface area contributed by atoms with E-state index in [1.165, 1.54) is 55.9 Å². The molecule has 156 valence electrons. The van der Waals surface area contributed by atoms with Crippen molar-refractivity contribution in [3.8, 4) is 16.9 Å².